The van der Waals surface area contributed by atoms with Gasteiger partial charge >= 0.3 is 5.97 Å². The Bertz CT molecular complexity index is 529. The Morgan fingerprint density at radius 3 is 2.71 bits per heavy atom. The van der Waals surface area contributed by atoms with E-state index in [0.717, 1.165) is 11.1 Å². The molecule has 5 heteroatoms. The van der Waals surface area contributed by atoms with Gasteiger partial charge in [-0.25, -0.2) is 4.79 Å². The van der Waals surface area contributed by atoms with Crippen molar-refractivity contribution in [3.05, 3.63) is 35.4 Å². The van der Waals surface area contributed by atoms with Gasteiger partial charge in [0.05, 0.1) is 26.9 Å². The summed E-state index contributed by atoms with van der Waals surface area (Å²) in [5.41, 5.74) is 1.65. The van der Waals surface area contributed by atoms with Crippen molar-refractivity contribution in [2.75, 3.05) is 26.9 Å². The number of hydrogen-bond acceptors (Lipinski definition) is 5. The molecule has 0 radical (unpaired) electrons. The van der Waals surface area contributed by atoms with E-state index < -0.39 is 5.79 Å². The third-order valence-corrected chi connectivity index (χ3v) is 3.28. The summed E-state index contributed by atoms with van der Waals surface area (Å²) in [7, 11) is 1.58. The molecule has 0 atom stereocenters. The van der Waals surface area contributed by atoms with Gasteiger partial charge in [-0.05, 0) is 38.1 Å². The molecule has 0 aromatic heterocycles. The van der Waals surface area contributed by atoms with Gasteiger partial charge in [0, 0.05) is 17.2 Å². The normalized spacial score (nSPS) is 17.1. The quantitative estimate of drug-likeness (QED) is 0.616. The van der Waals surface area contributed by atoms with Gasteiger partial charge < -0.3 is 18.9 Å². The van der Waals surface area contributed by atoms with Gasteiger partial charge in [-0.15, -0.1) is 0 Å². The van der Waals surface area contributed by atoms with E-state index in [9.17, 15) is 4.79 Å². The molecule has 1 aromatic rings. The van der Waals surface area contributed by atoms with E-state index in [1.54, 1.807) is 20.1 Å². The van der Waals surface area contributed by atoms with Gasteiger partial charge in [0.2, 0.25) is 0 Å². The fourth-order valence-electron chi connectivity index (χ4n) is 2.18. The van der Waals surface area contributed by atoms with E-state index in [1.165, 1.54) is 6.08 Å². The Kier molecular flexibility index (Phi) is 4.98. The molecular formula is C16H20O5. The lowest BCUT2D eigenvalue weighted by molar-refractivity contribution is -0.149. The van der Waals surface area contributed by atoms with Crippen molar-refractivity contribution in [1.82, 2.24) is 0 Å². The highest BCUT2D eigenvalue weighted by Crippen LogP contribution is 2.33. The number of hydrogen-bond donors (Lipinski definition) is 0. The molecule has 1 aliphatic heterocycles. The molecule has 1 aromatic carbocycles. The van der Waals surface area contributed by atoms with Crippen LogP contribution in [0.3, 0.4) is 0 Å². The van der Waals surface area contributed by atoms with Crippen LogP contribution in [0.1, 0.15) is 25.0 Å². The van der Waals surface area contributed by atoms with Crippen molar-refractivity contribution in [1.29, 1.82) is 0 Å². The van der Waals surface area contributed by atoms with Crippen LogP contribution in [-0.4, -0.2) is 32.9 Å². The summed E-state index contributed by atoms with van der Waals surface area (Å²) < 4.78 is 21.5. The van der Waals surface area contributed by atoms with Crippen LogP contribution >= 0.6 is 0 Å². The van der Waals surface area contributed by atoms with E-state index in [0.29, 0.717) is 25.6 Å². The molecule has 1 fully saturated rings. The van der Waals surface area contributed by atoms with Crippen LogP contribution < -0.4 is 4.74 Å². The van der Waals surface area contributed by atoms with Crippen LogP contribution in [0.4, 0.5) is 0 Å². The average Bonchev–Trinajstić information content (AvgIpc) is 2.93. The lowest BCUT2D eigenvalue weighted by Crippen LogP contribution is -2.22. The molecule has 0 N–H and O–H groups in total. The monoisotopic (exact) mass is 292 g/mol. The van der Waals surface area contributed by atoms with Crippen LogP contribution in [-0.2, 0) is 24.8 Å². The van der Waals surface area contributed by atoms with E-state index in [1.807, 2.05) is 25.1 Å². The van der Waals surface area contributed by atoms with E-state index >= 15 is 0 Å². The Morgan fingerprint density at radius 1 is 1.38 bits per heavy atom. The highest BCUT2D eigenvalue weighted by atomic mass is 16.7. The van der Waals surface area contributed by atoms with Crippen molar-refractivity contribution >= 4 is 12.0 Å². The number of ether oxygens (including phenoxy) is 4. The zero-order valence-electron chi connectivity index (χ0n) is 12.5. The Balaban J connectivity index is 2.28. The molecule has 0 aliphatic carbocycles. The number of benzene rings is 1. The summed E-state index contributed by atoms with van der Waals surface area (Å²) >= 11 is 0. The molecule has 1 aliphatic rings. The minimum Gasteiger partial charge on any atom is -0.496 e. The number of carbonyl (C=O) groups is 1. The molecule has 5 nitrogen and oxygen atoms in total. The zero-order valence-corrected chi connectivity index (χ0v) is 12.5. The Morgan fingerprint density at radius 2 is 2.10 bits per heavy atom. The summed E-state index contributed by atoms with van der Waals surface area (Å²) in [5.74, 6) is -0.468. The SMILES string of the molecule is CCOC(=O)/C=C/c1cc(C2(C)OCCO2)ccc1OC. The second-order valence-electron chi connectivity index (χ2n) is 4.68. The molecule has 1 heterocycles. The highest BCUT2D eigenvalue weighted by Gasteiger charge is 2.33. The first kappa shape index (κ1) is 15.5. The number of esters is 1. The molecular weight excluding hydrogens is 272 g/mol. The lowest BCUT2D eigenvalue weighted by atomic mass is 10.0. The van der Waals surface area contributed by atoms with Crippen LogP contribution in [0.5, 0.6) is 5.75 Å². The molecule has 0 unspecified atom stereocenters. The molecule has 0 bridgehead atoms. The first-order valence-corrected chi connectivity index (χ1v) is 6.90. The largest absolute Gasteiger partial charge is 0.496 e. The van der Waals surface area contributed by atoms with Crippen LogP contribution in [0.15, 0.2) is 24.3 Å². The molecule has 114 valence electrons. The Hall–Kier alpha value is -1.85. The summed E-state index contributed by atoms with van der Waals surface area (Å²) in [6.07, 6.45) is 3.04. The maximum Gasteiger partial charge on any atom is 0.330 e. The number of carbonyl (C=O) groups excluding carboxylic acids is 1. The first-order valence-electron chi connectivity index (χ1n) is 6.90. The maximum absolute atomic E-state index is 11.4. The Labute approximate surface area is 124 Å². The molecule has 2 rings (SSSR count). The molecule has 0 saturated carbocycles. The predicted molar refractivity (Wildman–Crippen MR) is 77.9 cm³/mol. The van der Waals surface area contributed by atoms with Crippen LogP contribution in [0, 0.1) is 0 Å². The van der Waals surface area contributed by atoms with Gasteiger partial charge in [0.25, 0.3) is 0 Å². The summed E-state index contributed by atoms with van der Waals surface area (Å²) in [6, 6.07) is 5.61. The highest BCUT2D eigenvalue weighted by molar-refractivity contribution is 5.87. The molecule has 0 spiro atoms. The molecule has 1 saturated heterocycles. The average molecular weight is 292 g/mol. The van der Waals surface area contributed by atoms with Gasteiger partial charge in [-0.3, -0.25) is 0 Å². The third kappa shape index (κ3) is 3.62. The van der Waals surface area contributed by atoms with Crippen molar-refractivity contribution in [2.45, 2.75) is 19.6 Å². The standard InChI is InChI=1S/C16H20O5/c1-4-19-15(17)8-5-12-11-13(6-7-14(12)18-3)16(2)20-9-10-21-16/h5-8,11H,4,9-10H2,1-3H3/b8-5+. The van der Waals surface area contributed by atoms with Gasteiger partial charge in [0.1, 0.15) is 5.75 Å². The summed E-state index contributed by atoms with van der Waals surface area (Å²) in [5, 5.41) is 0. The predicted octanol–water partition coefficient (Wildman–Crippen LogP) is 2.49. The summed E-state index contributed by atoms with van der Waals surface area (Å²) in [4.78, 5) is 11.4. The first-order chi connectivity index (χ1) is 10.1. The van der Waals surface area contributed by atoms with Crippen molar-refractivity contribution in [3.8, 4) is 5.75 Å². The smallest absolute Gasteiger partial charge is 0.330 e. The fourth-order valence-corrected chi connectivity index (χ4v) is 2.18. The van der Waals surface area contributed by atoms with Crippen molar-refractivity contribution < 1.29 is 23.7 Å². The minimum absolute atomic E-state index is 0.347. The maximum atomic E-state index is 11.4. The van der Waals surface area contributed by atoms with Gasteiger partial charge in [-0.1, -0.05) is 0 Å². The number of rotatable bonds is 5. The van der Waals surface area contributed by atoms with E-state index in [-0.39, 0.29) is 5.97 Å². The second kappa shape index (κ2) is 6.74. The summed E-state index contributed by atoms with van der Waals surface area (Å²) in [6.45, 7) is 5.12. The van der Waals surface area contributed by atoms with Crippen LogP contribution in [0.2, 0.25) is 0 Å². The molecule has 0 amide bonds. The lowest BCUT2D eigenvalue weighted by Gasteiger charge is -2.23. The zero-order chi connectivity index (χ0) is 15.3. The van der Waals surface area contributed by atoms with Crippen molar-refractivity contribution in [3.63, 3.8) is 0 Å². The van der Waals surface area contributed by atoms with Crippen LogP contribution in [0.25, 0.3) is 6.08 Å². The van der Waals surface area contributed by atoms with Gasteiger partial charge in [0.15, 0.2) is 5.79 Å². The molecule has 21 heavy (non-hydrogen) atoms. The van der Waals surface area contributed by atoms with Crippen molar-refractivity contribution in [2.24, 2.45) is 0 Å². The van der Waals surface area contributed by atoms with E-state index in [4.69, 9.17) is 18.9 Å². The number of methoxy groups -OCH3 is 1. The second-order valence-corrected chi connectivity index (χ2v) is 4.68. The van der Waals surface area contributed by atoms with E-state index in [2.05, 4.69) is 0 Å². The minimum atomic E-state index is -0.751. The van der Waals surface area contributed by atoms with Gasteiger partial charge in [-0.2, -0.15) is 0 Å². The topological polar surface area (TPSA) is 54.0 Å². The third-order valence-electron chi connectivity index (χ3n) is 3.28. The fraction of sp³-hybridized carbons (Fsp3) is 0.438.